The van der Waals surface area contributed by atoms with Crippen LogP contribution in [-0.2, 0) is 9.59 Å². The van der Waals surface area contributed by atoms with Crippen molar-refractivity contribution in [3.63, 3.8) is 0 Å². The molecule has 0 aliphatic heterocycles. The largest absolute Gasteiger partial charge is 0.340 e. The van der Waals surface area contributed by atoms with Crippen LogP contribution in [0.25, 0.3) is 0 Å². The van der Waals surface area contributed by atoms with Crippen molar-refractivity contribution in [2.45, 2.75) is 101 Å². The zero-order valence-electron chi connectivity index (χ0n) is 28.0. The van der Waals surface area contributed by atoms with Gasteiger partial charge in [0.2, 0.25) is 11.8 Å². The Morgan fingerprint density at radius 3 is 1.46 bits per heavy atom. The third kappa shape index (κ3) is 25.3. The zero-order valence-corrected chi connectivity index (χ0v) is 28.0. The fraction of sp³-hybridized carbons (Fsp3) is 0.871. The van der Waals surface area contributed by atoms with Crippen molar-refractivity contribution in [1.82, 2.24) is 20.4 Å². The van der Waals surface area contributed by atoms with E-state index in [1.807, 2.05) is 13.8 Å². The maximum absolute atomic E-state index is 12.2. The summed E-state index contributed by atoms with van der Waals surface area (Å²) < 4.78 is 0. The van der Waals surface area contributed by atoms with Gasteiger partial charge in [0.1, 0.15) is 0 Å². The first-order valence-electron chi connectivity index (χ1n) is 15.1. The molecule has 41 heavy (non-hydrogen) atoms. The van der Waals surface area contributed by atoms with E-state index in [1.54, 1.807) is 0 Å². The monoisotopic (exact) mass is 589 g/mol. The molecule has 0 rings (SSSR count). The summed E-state index contributed by atoms with van der Waals surface area (Å²) in [5.41, 5.74) is 0.219. The molecule has 10 heteroatoms. The van der Waals surface area contributed by atoms with Gasteiger partial charge >= 0.3 is 12.1 Å². The normalized spacial score (nSPS) is 11.3. The van der Waals surface area contributed by atoms with Gasteiger partial charge in [0.15, 0.2) is 0 Å². The van der Waals surface area contributed by atoms with Crippen molar-refractivity contribution in [2.75, 3.05) is 67.5 Å². The van der Waals surface area contributed by atoms with Crippen LogP contribution in [0.2, 0.25) is 0 Å². The molecule has 0 aliphatic carbocycles. The highest BCUT2D eigenvalue weighted by Gasteiger charge is 2.23. The second-order valence-corrected chi connectivity index (χ2v) is 13.5. The van der Waals surface area contributed by atoms with Crippen LogP contribution in [0.4, 0.5) is 9.59 Å². The van der Waals surface area contributed by atoms with Crippen LogP contribution >= 0.6 is 0 Å². The van der Waals surface area contributed by atoms with E-state index in [4.69, 9.17) is 0 Å². The molecule has 0 saturated carbocycles. The van der Waals surface area contributed by atoms with E-state index < -0.39 is 0 Å². The summed E-state index contributed by atoms with van der Waals surface area (Å²) in [7, 11) is 8.29. The summed E-state index contributed by atoms with van der Waals surface area (Å²) >= 11 is 0. The molecule has 0 saturated heterocycles. The summed E-state index contributed by atoms with van der Waals surface area (Å²) in [5, 5.41) is 5.54. The second-order valence-electron chi connectivity index (χ2n) is 13.5. The number of hydrogen-bond donors (Lipinski definition) is 4. The topological polar surface area (TPSA) is 108 Å². The zero-order chi connectivity index (χ0) is 31.5. The molecular weight excluding hydrogens is 520 g/mol. The molecule has 0 aromatic heterocycles. The molecule has 0 fully saturated rings. The quantitative estimate of drug-likeness (QED) is 0.234. The number of carbonyl (C=O) groups is 4. The molecule has 0 radical (unpaired) electrons. The Morgan fingerprint density at radius 2 is 1.07 bits per heavy atom. The van der Waals surface area contributed by atoms with Gasteiger partial charge in [-0.3, -0.25) is 19.4 Å². The number of urea groups is 2. The van der Waals surface area contributed by atoms with Crippen LogP contribution in [0.15, 0.2) is 0 Å². The molecule has 0 bridgehead atoms. The molecule has 0 aliphatic rings. The highest BCUT2D eigenvalue weighted by atomic mass is 16.2. The first-order valence-corrected chi connectivity index (χ1v) is 15.1. The number of nitrogens with zero attached hydrogens (tertiary/aromatic N) is 2. The molecule has 244 valence electrons. The highest BCUT2D eigenvalue weighted by molar-refractivity contribution is 5.95. The van der Waals surface area contributed by atoms with Crippen molar-refractivity contribution < 1.29 is 29.0 Å². The van der Waals surface area contributed by atoms with Gasteiger partial charge in [0.05, 0.1) is 41.3 Å². The van der Waals surface area contributed by atoms with E-state index in [1.165, 1.54) is 19.6 Å². The Balaban J connectivity index is -0.000000688. The Kier molecular flexibility index (Phi) is 23.6. The second kappa shape index (κ2) is 22.4. The number of imide groups is 2. The van der Waals surface area contributed by atoms with Gasteiger partial charge in [-0.1, -0.05) is 49.0 Å². The van der Waals surface area contributed by atoms with Gasteiger partial charge in [-0.05, 0) is 37.5 Å². The predicted octanol–water partition coefficient (Wildman–Crippen LogP) is 2.45. The fourth-order valence-electron chi connectivity index (χ4n) is 3.58. The predicted molar refractivity (Wildman–Crippen MR) is 170 cm³/mol. The molecule has 0 unspecified atom stereocenters. The summed E-state index contributed by atoms with van der Waals surface area (Å²) in [6, 6.07) is -0.527. The number of quaternary nitrogens is 2. The molecule has 0 aromatic carbocycles. The van der Waals surface area contributed by atoms with Crippen LogP contribution in [0.3, 0.4) is 0 Å². The lowest BCUT2D eigenvalue weighted by Crippen LogP contribution is -3.05. The van der Waals surface area contributed by atoms with Gasteiger partial charge in [0, 0.05) is 51.9 Å². The third-order valence-electron chi connectivity index (χ3n) is 6.10. The summed E-state index contributed by atoms with van der Waals surface area (Å²) in [6.07, 6.45) is 4.19. The Labute approximate surface area is 252 Å². The van der Waals surface area contributed by atoms with Gasteiger partial charge in [-0.2, -0.15) is 0 Å². The maximum atomic E-state index is 12.2. The molecule has 10 nitrogen and oxygen atoms in total. The molecule has 0 atom stereocenters. The van der Waals surface area contributed by atoms with Crippen LogP contribution in [0.5, 0.6) is 0 Å². The average molecular weight is 589 g/mol. The highest BCUT2D eigenvalue weighted by Crippen LogP contribution is 2.22. The Hall–Kier alpha value is -2.20. The van der Waals surface area contributed by atoms with Crippen LogP contribution < -0.4 is 20.4 Å². The van der Waals surface area contributed by atoms with E-state index in [2.05, 4.69) is 80.4 Å². The number of nitrogens with one attached hydrogen (secondary N) is 4. The molecule has 0 spiro atoms. The van der Waals surface area contributed by atoms with Crippen molar-refractivity contribution in [1.29, 1.82) is 0 Å². The van der Waals surface area contributed by atoms with Gasteiger partial charge < -0.3 is 20.4 Å². The fourth-order valence-corrected chi connectivity index (χ4v) is 3.58. The number of carbonyl (C=O) groups excluding carboxylic acids is 4. The van der Waals surface area contributed by atoms with Gasteiger partial charge in [0.25, 0.3) is 0 Å². The van der Waals surface area contributed by atoms with Crippen LogP contribution in [-0.4, -0.2) is 101 Å². The molecule has 4 N–H and O–H groups in total. The lowest BCUT2D eigenvalue weighted by molar-refractivity contribution is -0.858. The van der Waals surface area contributed by atoms with E-state index in [-0.39, 0.29) is 42.1 Å². The molecule has 0 aromatic rings. The molecule has 6 amide bonds. The first kappa shape index (κ1) is 43.3. The van der Waals surface area contributed by atoms with Gasteiger partial charge in [-0.15, -0.1) is 0 Å². The Morgan fingerprint density at radius 1 is 0.659 bits per heavy atom. The van der Waals surface area contributed by atoms with E-state index in [9.17, 15) is 19.2 Å². The average Bonchev–Trinajstić information content (AvgIpc) is 2.81. The standard InChI is InChI=1S/2C15H31N3O2.CH4/c1-7-18(13(19)9-10-15(2,3)4)14(20)16-11-8-12-17(5)6;1-7-16-14(20)18(12-8-11-17(5)6)13(19)9-10-15(2,3)4;/h2*7-12H2,1-6H3,(H,16,20);1H4/p+2. The lowest BCUT2D eigenvalue weighted by Gasteiger charge is -2.24. The van der Waals surface area contributed by atoms with E-state index >= 15 is 0 Å². The summed E-state index contributed by atoms with van der Waals surface area (Å²) in [4.78, 5) is 53.6. The maximum Gasteiger partial charge on any atom is 0.324 e. The summed E-state index contributed by atoms with van der Waals surface area (Å²) in [5.74, 6) is -0.155. The number of hydrogen-bond acceptors (Lipinski definition) is 4. The SMILES string of the molecule is C.CCN(C(=O)CCC(C)(C)C)C(=O)NCCC[NH+](C)C.CCNC(=O)N(CCC[NH+](C)C)C(=O)CCC(C)(C)C. The van der Waals surface area contributed by atoms with E-state index in [0.717, 1.165) is 38.8 Å². The number of amides is 6. The van der Waals surface area contributed by atoms with Crippen molar-refractivity contribution >= 4 is 23.9 Å². The minimum atomic E-state index is -0.264. The molecular formula is C31H68N6O4+2. The van der Waals surface area contributed by atoms with Crippen LogP contribution in [0, 0.1) is 10.8 Å². The smallest absolute Gasteiger partial charge is 0.324 e. The number of rotatable bonds is 14. The van der Waals surface area contributed by atoms with Crippen molar-refractivity contribution in [2.24, 2.45) is 10.8 Å². The minimum Gasteiger partial charge on any atom is -0.340 e. The van der Waals surface area contributed by atoms with Gasteiger partial charge in [-0.25, -0.2) is 9.59 Å². The van der Waals surface area contributed by atoms with Crippen molar-refractivity contribution in [3.05, 3.63) is 0 Å². The van der Waals surface area contributed by atoms with Crippen LogP contribution in [0.1, 0.15) is 101 Å². The summed E-state index contributed by atoms with van der Waals surface area (Å²) in [6.45, 7) is 20.3. The third-order valence-corrected chi connectivity index (χ3v) is 6.10. The minimum absolute atomic E-state index is 0. The molecule has 0 heterocycles. The van der Waals surface area contributed by atoms with E-state index in [0.29, 0.717) is 39.0 Å². The Bertz CT molecular complexity index is 740. The lowest BCUT2D eigenvalue weighted by atomic mass is 9.90. The first-order chi connectivity index (χ1) is 18.3. The van der Waals surface area contributed by atoms with Crippen molar-refractivity contribution in [3.8, 4) is 0 Å².